The van der Waals surface area contributed by atoms with Gasteiger partial charge in [0.2, 0.25) is 0 Å². The fourth-order valence-corrected chi connectivity index (χ4v) is 0.949. The predicted molar refractivity (Wildman–Crippen MR) is 34.9 cm³/mol. The molecule has 1 heterocycles. The Morgan fingerprint density at radius 3 is 2.89 bits per heavy atom. The van der Waals surface area contributed by atoms with E-state index in [1.165, 1.54) is 12.8 Å². The summed E-state index contributed by atoms with van der Waals surface area (Å²) in [5.74, 6) is 0.789. The number of aromatic nitrogens is 2. The monoisotopic (exact) mass is 123 g/mol. The van der Waals surface area contributed by atoms with Crippen molar-refractivity contribution in [2.75, 3.05) is 5.73 Å². The Balaban J connectivity index is 2.35. The topological polar surface area (TPSA) is 43.8 Å². The normalized spacial score (nSPS) is 18.2. The van der Waals surface area contributed by atoms with E-state index in [-0.39, 0.29) is 0 Å². The number of nitrogen functional groups attached to an aromatic ring is 1. The van der Waals surface area contributed by atoms with E-state index in [9.17, 15) is 0 Å². The Bertz CT molecular complexity index is 212. The number of hydrogen-bond acceptors (Lipinski definition) is 2. The van der Waals surface area contributed by atoms with Gasteiger partial charge in [-0.3, -0.25) is 0 Å². The smallest absolute Gasteiger partial charge is 0.121 e. The molecule has 0 saturated heterocycles. The van der Waals surface area contributed by atoms with Gasteiger partial charge >= 0.3 is 0 Å². The highest BCUT2D eigenvalue weighted by atomic mass is 15.3. The van der Waals surface area contributed by atoms with Gasteiger partial charge in [0, 0.05) is 0 Å². The van der Waals surface area contributed by atoms with Gasteiger partial charge in [-0.15, -0.1) is 0 Å². The summed E-state index contributed by atoms with van der Waals surface area (Å²) in [5, 5.41) is 4.07. The van der Waals surface area contributed by atoms with Gasteiger partial charge < -0.3 is 5.73 Å². The predicted octanol–water partition coefficient (Wildman–Crippen LogP) is 0.800. The van der Waals surface area contributed by atoms with E-state index in [0.717, 1.165) is 5.82 Å². The van der Waals surface area contributed by atoms with Crippen molar-refractivity contribution in [1.29, 1.82) is 0 Å². The van der Waals surface area contributed by atoms with Gasteiger partial charge in [0.05, 0.1) is 12.2 Å². The second-order valence-electron chi connectivity index (χ2n) is 2.43. The summed E-state index contributed by atoms with van der Waals surface area (Å²) < 4.78 is 1.89. The van der Waals surface area contributed by atoms with Crippen molar-refractivity contribution in [3.8, 4) is 0 Å². The molecule has 3 heteroatoms. The largest absolute Gasteiger partial charge is 0.384 e. The molecule has 0 radical (unpaired) electrons. The summed E-state index contributed by atoms with van der Waals surface area (Å²) >= 11 is 0. The van der Waals surface area contributed by atoms with E-state index in [2.05, 4.69) is 5.10 Å². The summed E-state index contributed by atoms with van der Waals surface area (Å²) in [6, 6.07) is 2.44. The van der Waals surface area contributed by atoms with Crippen molar-refractivity contribution in [1.82, 2.24) is 9.78 Å². The van der Waals surface area contributed by atoms with Crippen LogP contribution in [0.2, 0.25) is 0 Å². The number of anilines is 1. The highest BCUT2D eigenvalue weighted by molar-refractivity contribution is 5.27. The van der Waals surface area contributed by atoms with Crippen LogP contribution in [0.5, 0.6) is 0 Å². The quantitative estimate of drug-likeness (QED) is 0.600. The molecule has 1 aromatic rings. The van der Waals surface area contributed by atoms with Crippen molar-refractivity contribution in [2.45, 2.75) is 18.9 Å². The number of hydrogen-bond donors (Lipinski definition) is 1. The maximum Gasteiger partial charge on any atom is 0.121 e. The van der Waals surface area contributed by atoms with E-state index in [4.69, 9.17) is 5.73 Å². The molecular weight excluding hydrogens is 114 g/mol. The lowest BCUT2D eigenvalue weighted by Crippen LogP contribution is -2.00. The molecule has 48 valence electrons. The fourth-order valence-electron chi connectivity index (χ4n) is 0.949. The van der Waals surface area contributed by atoms with Crippen LogP contribution in [-0.4, -0.2) is 9.78 Å². The van der Waals surface area contributed by atoms with Gasteiger partial charge in [-0.25, -0.2) is 4.68 Å². The SMILES string of the molecule is Nc1ccnn1C1CC1. The van der Waals surface area contributed by atoms with Crippen molar-refractivity contribution in [3.05, 3.63) is 12.3 Å². The van der Waals surface area contributed by atoms with Crippen LogP contribution in [0.25, 0.3) is 0 Å². The average molecular weight is 123 g/mol. The van der Waals surface area contributed by atoms with Gasteiger partial charge in [0.1, 0.15) is 5.82 Å². The fraction of sp³-hybridized carbons (Fsp3) is 0.500. The third kappa shape index (κ3) is 0.686. The molecule has 2 N–H and O–H groups in total. The Kier molecular flexibility index (Phi) is 0.806. The standard InChI is InChI=1S/C6H9N3/c7-6-3-4-8-9(6)5-1-2-5/h3-5H,1-2,7H2. The average Bonchev–Trinajstić information content (AvgIpc) is 2.58. The minimum atomic E-state index is 0.611. The minimum absolute atomic E-state index is 0.611. The van der Waals surface area contributed by atoms with Crippen LogP contribution >= 0.6 is 0 Å². The van der Waals surface area contributed by atoms with Gasteiger partial charge in [-0.05, 0) is 18.9 Å². The molecule has 2 rings (SSSR count). The molecule has 0 bridgehead atoms. The zero-order chi connectivity index (χ0) is 6.27. The molecule has 1 aromatic heterocycles. The Morgan fingerprint density at radius 1 is 1.67 bits per heavy atom. The lowest BCUT2D eigenvalue weighted by molar-refractivity contribution is 0.651. The van der Waals surface area contributed by atoms with Gasteiger partial charge in [0.15, 0.2) is 0 Å². The van der Waals surface area contributed by atoms with E-state index < -0.39 is 0 Å². The van der Waals surface area contributed by atoms with Crippen LogP contribution in [0, 0.1) is 0 Å². The molecule has 1 aliphatic carbocycles. The van der Waals surface area contributed by atoms with Gasteiger partial charge in [-0.1, -0.05) is 0 Å². The molecule has 1 saturated carbocycles. The second-order valence-corrected chi connectivity index (χ2v) is 2.43. The lowest BCUT2D eigenvalue weighted by Gasteiger charge is -1.97. The molecule has 0 atom stereocenters. The number of nitrogens with two attached hydrogens (primary N) is 1. The van der Waals surface area contributed by atoms with Gasteiger partial charge in [-0.2, -0.15) is 5.10 Å². The second kappa shape index (κ2) is 1.50. The molecule has 9 heavy (non-hydrogen) atoms. The van der Waals surface area contributed by atoms with Crippen LogP contribution in [0.15, 0.2) is 12.3 Å². The lowest BCUT2D eigenvalue weighted by atomic mass is 10.6. The Morgan fingerprint density at radius 2 is 2.44 bits per heavy atom. The van der Waals surface area contributed by atoms with Crippen LogP contribution in [0.4, 0.5) is 5.82 Å². The molecule has 0 aliphatic heterocycles. The van der Waals surface area contributed by atoms with Crippen molar-refractivity contribution in [2.24, 2.45) is 0 Å². The third-order valence-electron chi connectivity index (χ3n) is 1.59. The zero-order valence-corrected chi connectivity index (χ0v) is 5.12. The highest BCUT2D eigenvalue weighted by Crippen LogP contribution is 2.35. The molecule has 0 aromatic carbocycles. The Labute approximate surface area is 53.5 Å². The molecule has 3 nitrogen and oxygen atoms in total. The first kappa shape index (κ1) is 4.85. The summed E-state index contributed by atoms with van der Waals surface area (Å²) in [7, 11) is 0. The van der Waals surface area contributed by atoms with Crippen molar-refractivity contribution >= 4 is 5.82 Å². The molecule has 0 unspecified atom stereocenters. The zero-order valence-electron chi connectivity index (χ0n) is 5.12. The first-order chi connectivity index (χ1) is 4.38. The molecule has 0 spiro atoms. The maximum atomic E-state index is 5.58. The van der Waals surface area contributed by atoms with Crippen LogP contribution in [-0.2, 0) is 0 Å². The first-order valence-electron chi connectivity index (χ1n) is 3.17. The highest BCUT2D eigenvalue weighted by Gasteiger charge is 2.25. The number of nitrogens with zero attached hydrogens (tertiary/aromatic N) is 2. The first-order valence-corrected chi connectivity index (χ1v) is 3.17. The summed E-state index contributed by atoms with van der Waals surface area (Å²) in [4.78, 5) is 0. The van der Waals surface area contributed by atoms with Crippen LogP contribution in [0.3, 0.4) is 0 Å². The molecule has 1 fully saturated rings. The Hall–Kier alpha value is -0.990. The van der Waals surface area contributed by atoms with E-state index >= 15 is 0 Å². The summed E-state index contributed by atoms with van der Waals surface area (Å²) in [6.07, 6.45) is 4.23. The van der Waals surface area contributed by atoms with Crippen molar-refractivity contribution < 1.29 is 0 Å². The van der Waals surface area contributed by atoms with E-state index in [1.807, 2.05) is 10.7 Å². The maximum absolute atomic E-state index is 5.58. The summed E-state index contributed by atoms with van der Waals surface area (Å²) in [5.41, 5.74) is 5.58. The number of rotatable bonds is 1. The van der Waals surface area contributed by atoms with Gasteiger partial charge in [0.25, 0.3) is 0 Å². The van der Waals surface area contributed by atoms with Crippen LogP contribution in [0.1, 0.15) is 18.9 Å². The third-order valence-corrected chi connectivity index (χ3v) is 1.59. The van der Waals surface area contributed by atoms with E-state index in [1.54, 1.807) is 6.20 Å². The van der Waals surface area contributed by atoms with E-state index in [0.29, 0.717) is 6.04 Å². The molecule has 0 amide bonds. The minimum Gasteiger partial charge on any atom is -0.384 e. The molecular formula is C6H9N3. The molecule has 1 aliphatic rings. The summed E-state index contributed by atoms with van der Waals surface area (Å²) in [6.45, 7) is 0. The van der Waals surface area contributed by atoms with Crippen molar-refractivity contribution in [3.63, 3.8) is 0 Å². The van der Waals surface area contributed by atoms with Crippen LogP contribution < -0.4 is 5.73 Å².